The predicted molar refractivity (Wildman–Crippen MR) is 76.8 cm³/mol. The molecular weight excluding hydrogens is 296 g/mol. The van der Waals surface area contributed by atoms with Gasteiger partial charge in [0, 0.05) is 26.2 Å². The van der Waals surface area contributed by atoms with Gasteiger partial charge < -0.3 is 10.0 Å². The van der Waals surface area contributed by atoms with Crippen LogP contribution in [0.15, 0.2) is 12.1 Å². The van der Waals surface area contributed by atoms with E-state index in [9.17, 15) is 13.2 Å². The third-order valence-electron chi connectivity index (χ3n) is 3.39. The van der Waals surface area contributed by atoms with Crippen molar-refractivity contribution in [3.63, 3.8) is 0 Å². The van der Waals surface area contributed by atoms with Crippen molar-refractivity contribution in [2.45, 2.75) is 19.1 Å². The summed E-state index contributed by atoms with van der Waals surface area (Å²) in [5.41, 5.74) is -0.111. The number of carboxylic acid groups (broad SMARTS) is 1. The van der Waals surface area contributed by atoms with Crippen molar-refractivity contribution in [1.82, 2.24) is 14.5 Å². The van der Waals surface area contributed by atoms with E-state index in [-0.39, 0.29) is 5.69 Å². The highest BCUT2D eigenvalue weighted by Gasteiger charge is 2.29. The fourth-order valence-electron chi connectivity index (χ4n) is 2.08. The molecule has 0 atom stereocenters. The lowest BCUT2D eigenvalue weighted by molar-refractivity contribution is 0.0689. The zero-order chi connectivity index (χ0) is 15.6. The summed E-state index contributed by atoms with van der Waals surface area (Å²) in [6, 6.07) is 2.98. The molecule has 21 heavy (non-hydrogen) atoms. The van der Waals surface area contributed by atoms with Crippen molar-refractivity contribution in [1.29, 1.82) is 0 Å². The maximum atomic E-state index is 12.1. The molecule has 1 saturated heterocycles. The molecule has 0 spiro atoms. The van der Waals surface area contributed by atoms with Crippen molar-refractivity contribution >= 4 is 21.8 Å². The lowest BCUT2D eigenvalue weighted by Crippen LogP contribution is -2.50. The van der Waals surface area contributed by atoms with Crippen LogP contribution in [-0.2, 0) is 10.0 Å². The van der Waals surface area contributed by atoms with Crippen LogP contribution in [0, 0.1) is 0 Å². The first-order valence-electron chi connectivity index (χ1n) is 6.63. The highest BCUT2D eigenvalue weighted by Crippen LogP contribution is 2.16. The summed E-state index contributed by atoms with van der Waals surface area (Å²) in [4.78, 5) is 12.6. The molecule has 0 unspecified atom stereocenters. The Bertz CT molecular complexity index is 607. The number of carboxylic acids is 1. The molecule has 0 amide bonds. The summed E-state index contributed by atoms with van der Waals surface area (Å²) in [5, 5.41) is 15.8. The number of rotatable bonds is 4. The summed E-state index contributed by atoms with van der Waals surface area (Å²) < 4.78 is 25.6. The van der Waals surface area contributed by atoms with Gasteiger partial charge in [-0.15, -0.1) is 10.2 Å². The summed E-state index contributed by atoms with van der Waals surface area (Å²) in [7, 11) is -3.23. The summed E-state index contributed by atoms with van der Waals surface area (Å²) in [6.45, 7) is 5.13. The number of nitrogens with zero attached hydrogens (tertiary/aromatic N) is 4. The van der Waals surface area contributed by atoms with E-state index in [4.69, 9.17) is 5.11 Å². The molecule has 0 bridgehead atoms. The Morgan fingerprint density at radius 2 is 1.81 bits per heavy atom. The van der Waals surface area contributed by atoms with Crippen molar-refractivity contribution in [2.24, 2.45) is 0 Å². The van der Waals surface area contributed by atoms with Gasteiger partial charge in [-0.05, 0) is 26.0 Å². The van der Waals surface area contributed by atoms with E-state index in [2.05, 4.69) is 10.2 Å². The third-order valence-corrected chi connectivity index (χ3v) is 5.66. The van der Waals surface area contributed by atoms with Crippen LogP contribution in [-0.4, -0.2) is 65.4 Å². The van der Waals surface area contributed by atoms with E-state index in [1.165, 1.54) is 10.4 Å². The quantitative estimate of drug-likeness (QED) is 0.836. The van der Waals surface area contributed by atoms with Crippen molar-refractivity contribution in [3.8, 4) is 0 Å². The largest absolute Gasteiger partial charge is 0.476 e. The van der Waals surface area contributed by atoms with Crippen LogP contribution in [0.5, 0.6) is 0 Å². The van der Waals surface area contributed by atoms with E-state index in [1.807, 2.05) is 4.90 Å². The number of carbonyl (C=O) groups is 1. The average Bonchev–Trinajstić information content (AvgIpc) is 2.47. The number of hydrogen-bond donors (Lipinski definition) is 1. The lowest BCUT2D eigenvalue weighted by atomic mass is 10.3. The van der Waals surface area contributed by atoms with E-state index < -0.39 is 21.2 Å². The maximum absolute atomic E-state index is 12.1. The van der Waals surface area contributed by atoms with E-state index in [0.717, 1.165) is 0 Å². The van der Waals surface area contributed by atoms with Crippen molar-refractivity contribution in [2.75, 3.05) is 31.1 Å². The first-order valence-corrected chi connectivity index (χ1v) is 8.13. The standard InChI is InChI=1S/C12H18N4O4S/c1-9(2)21(19,20)16-7-5-15(6-8-16)11-4-3-10(12(17)18)13-14-11/h3-4,9H,5-8H2,1-2H3,(H,17,18). The molecule has 1 aliphatic heterocycles. The second-order valence-electron chi connectivity index (χ2n) is 5.06. The van der Waals surface area contributed by atoms with E-state index in [1.54, 1.807) is 19.9 Å². The molecule has 1 fully saturated rings. The number of anilines is 1. The molecular formula is C12H18N4O4S. The van der Waals surface area contributed by atoms with Gasteiger partial charge in [0.2, 0.25) is 10.0 Å². The first kappa shape index (κ1) is 15.6. The van der Waals surface area contributed by atoms with Crippen LogP contribution in [0.1, 0.15) is 24.3 Å². The van der Waals surface area contributed by atoms with Gasteiger partial charge in [-0.1, -0.05) is 0 Å². The van der Waals surface area contributed by atoms with Crippen LogP contribution in [0.3, 0.4) is 0 Å². The Hall–Kier alpha value is -1.74. The predicted octanol–water partition coefficient (Wildman–Crippen LogP) is 0.0350. The summed E-state index contributed by atoms with van der Waals surface area (Å²) >= 11 is 0. The molecule has 0 radical (unpaired) electrons. The Morgan fingerprint density at radius 3 is 2.24 bits per heavy atom. The van der Waals surface area contributed by atoms with Gasteiger partial charge in [-0.25, -0.2) is 13.2 Å². The van der Waals surface area contributed by atoms with Crippen LogP contribution >= 0.6 is 0 Å². The number of hydrogen-bond acceptors (Lipinski definition) is 6. The Morgan fingerprint density at radius 1 is 1.19 bits per heavy atom. The van der Waals surface area contributed by atoms with Crippen LogP contribution in [0.2, 0.25) is 0 Å². The second kappa shape index (κ2) is 5.94. The summed E-state index contributed by atoms with van der Waals surface area (Å²) in [6.07, 6.45) is 0. The molecule has 1 aromatic heterocycles. The zero-order valence-electron chi connectivity index (χ0n) is 11.9. The molecule has 1 aliphatic rings. The fraction of sp³-hybridized carbons (Fsp3) is 0.583. The van der Waals surface area contributed by atoms with Crippen molar-refractivity contribution < 1.29 is 18.3 Å². The van der Waals surface area contributed by atoms with E-state index >= 15 is 0 Å². The van der Waals surface area contributed by atoms with Gasteiger partial charge in [0.15, 0.2) is 11.5 Å². The number of aromatic nitrogens is 2. The number of sulfonamides is 1. The summed E-state index contributed by atoms with van der Waals surface area (Å²) in [5.74, 6) is -0.566. The normalized spacial score (nSPS) is 17.2. The van der Waals surface area contributed by atoms with Gasteiger partial charge in [-0.2, -0.15) is 4.31 Å². The molecule has 0 saturated carbocycles. The molecule has 1 N–H and O–H groups in total. The average molecular weight is 314 g/mol. The zero-order valence-corrected chi connectivity index (χ0v) is 12.7. The molecule has 0 aliphatic carbocycles. The Kier molecular flexibility index (Phi) is 4.43. The highest BCUT2D eigenvalue weighted by molar-refractivity contribution is 7.89. The smallest absolute Gasteiger partial charge is 0.356 e. The Labute approximate surface area is 123 Å². The molecule has 9 heteroatoms. The maximum Gasteiger partial charge on any atom is 0.356 e. The molecule has 1 aromatic rings. The van der Waals surface area contributed by atoms with Gasteiger partial charge in [-0.3, -0.25) is 0 Å². The van der Waals surface area contributed by atoms with Crippen LogP contribution < -0.4 is 4.90 Å². The van der Waals surface area contributed by atoms with Gasteiger partial charge in [0.25, 0.3) is 0 Å². The van der Waals surface area contributed by atoms with Crippen molar-refractivity contribution in [3.05, 3.63) is 17.8 Å². The highest BCUT2D eigenvalue weighted by atomic mass is 32.2. The fourth-order valence-corrected chi connectivity index (χ4v) is 3.35. The van der Waals surface area contributed by atoms with Gasteiger partial charge >= 0.3 is 5.97 Å². The molecule has 8 nitrogen and oxygen atoms in total. The molecule has 116 valence electrons. The minimum atomic E-state index is -3.23. The molecule has 0 aromatic carbocycles. The SMILES string of the molecule is CC(C)S(=O)(=O)N1CCN(c2ccc(C(=O)O)nn2)CC1. The van der Waals surface area contributed by atoms with Gasteiger partial charge in [0.05, 0.1) is 5.25 Å². The minimum absolute atomic E-state index is 0.111. The number of piperazine rings is 1. The third kappa shape index (κ3) is 3.30. The van der Waals surface area contributed by atoms with E-state index in [0.29, 0.717) is 32.0 Å². The van der Waals surface area contributed by atoms with Crippen LogP contribution in [0.25, 0.3) is 0 Å². The second-order valence-corrected chi connectivity index (χ2v) is 7.55. The molecule has 2 rings (SSSR count). The first-order chi connectivity index (χ1) is 9.82. The minimum Gasteiger partial charge on any atom is -0.476 e. The Balaban J connectivity index is 2.03. The number of aromatic carboxylic acids is 1. The lowest BCUT2D eigenvalue weighted by Gasteiger charge is -2.35. The molecule has 2 heterocycles. The van der Waals surface area contributed by atoms with Gasteiger partial charge in [0.1, 0.15) is 0 Å². The monoisotopic (exact) mass is 314 g/mol. The topological polar surface area (TPSA) is 104 Å². The van der Waals surface area contributed by atoms with Crippen LogP contribution in [0.4, 0.5) is 5.82 Å².